The van der Waals surface area contributed by atoms with Crippen LogP contribution >= 0.6 is 11.6 Å². The molecule has 31 heavy (non-hydrogen) atoms. The summed E-state index contributed by atoms with van der Waals surface area (Å²) < 4.78 is 16.3. The number of pyridine rings is 1. The van der Waals surface area contributed by atoms with E-state index < -0.39 is 11.9 Å². The van der Waals surface area contributed by atoms with Crippen LogP contribution in [-0.4, -0.2) is 41.3 Å². The Kier molecular flexibility index (Phi) is 6.22. The van der Waals surface area contributed by atoms with Gasteiger partial charge in [-0.2, -0.15) is 0 Å². The minimum atomic E-state index is -0.625. The molecule has 1 atom stereocenters. The monoisotopic (exact) mass is 441 g/mol. The Bertz CT molecular complexity index is 1190. The van der Waals surface area contributed by atoms with Crippen LogP contribution in [0.15, 0.2) is 43.4 Å². The zero-order valence-corrected chi connectivity index (χ0v) is 17.6. The molecule has 4 rings (SSSR count). The van der Waals surface area contributed by atoms with Gasteiger partial charge < -0.3 is 14.9 Å². The summed E-state index contributed by atoms with van der Waals surface area (Å²) >= 11 is 6.04. The lowest BCUT2D eigenvalue weighted by Crippen LogP contribution is -2.27. The van der Waals surface area contributed by atoms with E-state index in [4.69, 9.17) is 11.6 Å². The van der Waals surface area contributed by atoms with Crippen molar-refractivity contribution < 1.29 is 9.18 Å². The van der Waals surface area contributed by atoms with E-state index in [9.17, 15) is 9.18 Å². The van der Waals surface area contributed by atoms with E-state index in [0.717, 1.165) is 31.0 Å². The second-order valence-corrected chi connectivity index (χ2v) is 7.67. The van der Waals surface area contributed by atoms with Crippen LogP contribution in [0.1, 0.15) is 26.2 Å². The summed E-state index contributed by atoms with van der Waals surface area (Å²) in [6.07, 6.45) is 11.7. The Hall–Kier alpha value is -3.33. The number of unbranched alkanes of at least 4 members (excludes halogenated alkanes) is 1. The van der Waals surface area contributed by atoms with Crippen LogP contribution < -0.4 is 5.32 Å². The smallest absolute Gasteiger partial charge is 0.183 e. The van der Waals surface area contributed by atoms with Crippen molar-refractivity contribution in [3.63, 3.8) is 0 Å². The van der Waals surface area contributed by atoms with E-state index in [-0.39, 0.29) is 11.6 Å². The number of halogens is 2. The number of nitrogens with one attached hydrogen (secondary N) is 2. The molecule has 0 saturated carbocycles. The number of imidazole rings is 1. The van der Waals surface area contributed by atoms with Gasteiger partial charge in [-0.3, -0.25) is 4.79 Å². The Balaban J connectivity index is 1.42. The summed E-state index contributed by atoms with van der Waals surface area (Å²) in [4.78, 5) is 32.1. The lowest BCUT2D eigenvalue weighted by Gasteiger charge is -2.14. The SMILES string of the molecule is C[C@H](Nc1nc(-c2c[nH]c3ncc(Cl)cc23)ncc1F)C(=O)CCCCn1ccnc1. The average molecular weight is 442 g/mol. The molecule has 0 aromatic carbocycles. The number of carbonyl (C=O) groups is 1. The van der Waals surface area contributed by atoms with Crippen molar-refractivity contribution in [1.82, 2.24) is 29.5 Å². The second-order valence-electron chi connectivity index (χ2n) is 7.23. The molecule has 4 aromatic rings. The summed E-state index contributed by atoms with van der Waals surface area (Å²) in [6, 6.07) is 1.16. The predicted molar refractivity (Wildman–Crippen MR) is 116 cm³/mol. The third kappa shape index (κ3) is 4.88. The van der Waals surface area contributed by atoms with Crippen molar-refractivity contribution in [2.24, 2.45) is 0 Å². The van der Waals surface area contributed by atoms with Crippen LogP contribution in [0.2, 0.25) is 5.02 Å². The van der Waals surface area contributed by atoms with Crippen LogP contribution in [-0.2, 0) is 11.3 Å². The minimum Gasteiger partial charge on any atom is -0.358 e. The number of H-pyrrole nitrogens is 1. The number of aryl methyl sites for hydroxylation is 1. The Morgan fingerprint density at radius 1 is 1.32 bits per heavy atom. The third-order valence-electron chi connectivity index (χ3n) is 4.97. The van der Waals surface area contributed by atoms with Crippen molar-refractivity contribution in [1.29, 1.82) is 0 Å². The largest absolute Gasteiger partial charge is 0.358 e. The molecule has 0 fully saturated rings. The van der Waals surface area contributed by atoms with E-state index in [1.54, 1.807) is 31.7 Å². The number of ketones is 1. The number of aromatic amines is 1. The van der Waals surface area contributed by atoms with E-state index in [1.165, 1.54) is 6.20 Å². The summed E-state index contributed by atoms with van der Waals surface area (Å²) in [5, 5.41) is 4.09. The standard InChI is InChI=1S/C21H21ClFN7O/c1-13(18(31)4-2-3-6-30-7-5-24-12-30)28-21-17(23)11-27-20(29-21)16-10-26-19-15(16)8-14(22)9-25-19/h5,7-13H,2-4,6H2,1H3,(H,25,26)(H,27,28,29)/t13-/m0/s1. The number of Topliss-reactive ketones (excluding diaryl/α,β-unsaturated/α-hetero) is 1. The summed E-state index contributed by atoms with van der Waals surface area (Å²) in [7, 11) is 0. The second kappa shape index (κ2) is 9.22. The summed E-state index contributed by atoms with van der Waals surface area (Å²) in [5.41, 5.74) is 1.27. The molecule has 4 heterocycles. The van der Waals surface area contributed by atoms with Gasteiger partial charge in [-0.1, -0.05) is 11.6 Å². The van der Waals surface area contributed by atoms with E-state index in [2.05, 4.69) is 30.2 Å². The number of fused-ring (bicyclic) bond motifs is 1. The van der Waals surface area contributed by atoms with Gasteiger partial charge >= 0.3 is 0 Å². The van der Waals surface area contributed by atoms with Gasteiger partial charge in [-0.25, -0.2) is 24.3 Å². The lowest BCUT2D eigenvalue weighted by molar-refractivity contribution is -0.119. The highest BCUT2D eigenvalue weighted by Crippen LogP contribution is 2.28. The number of anilines is 1. The van der Waals surface area contributed by atoms with Gasteiger partial charge in [0, 0.05) is 48.7 Å². The normalized spacial score (nSPS) is 12.2. The first-order chi connectivity index (χ1) is 15.0. The molecule has 8 nitrogen and oxygen atoms in total. The van der Waals surface area contributed by atoms with Gasteiger partial charge in [0.25, 0.3) is 0 Å². The lowest BCUT2D eigenvalue weighted by atomic mass is 10.1. The zero-order valence-electron chi connectivity index (χ0n) is 16.8. The molecule has 4 aromatic heterocycles. The van der Waals surface area contributed by atoms with Crippen LogP contribution in [0.5, 0.6) is 0 Å². The summed E-state index contributed by atoms with van der Waals surface area (Å²) in [6.45, 7) is 2.51. The van der Waals surface area contributed by atoms with Gasteiger partial charge in [0.1, 0.15) is 5.65 Å². The molecule has 10 heteroatoms. The zero-order chi connectivity index (χ0) is 21.8. The Labute approximate surface area is 182 Å². The van der Waals surface area contributed by atoms with Gasteiger partial charge in [-0.05, 0) is 25.8 Å². The molecule has 0 aliphatic rings. The molecule has 0 aliphatic heterocycles. The molecule has 0 aliphatic carbocycles. The molecular formula is C21H21ClFN7O. The van der Waals surface area contributed by atoms with E-state index in [0.29, 0.717) is 28.5 Å². The Morgan fingerprint density at radius 3 is 3.00 bits per heavy atom. The first-order valence-corrected chi connectivity index (χ1v) is 10.3. The van der Waals surface area contributed by atoms with Gasteiger partial charge in [0.2, 0.25) is 0 Å². The van der Waals surface area contributed by atoms with E-state index >= 15 is 0 Å². The van der Waals surface area contributed by atoms with Crippen molar-refractivity contribution in [3.05, 3.63) is 54.2 Å². The van der Waals surface area contributed by atoms with Crippen LogP contribution in [0.25, 0.3) is 22.4 Å². The molecule has 0 saturated heterocycles. The molecule has 2 N–H and O–H groups in total. The first kappa shape index (κ1) is 20.9. The highest BCUT2D eigenvalue weighted by atomic mass is 35.5. The highest BCUT2D eigenvalue weighted by molar-refractivity contribution is 6.31. The predicted octanol–water partition coefficient (Wildman–Crippen LogP) is 4.25. The maximum Gasteiger partial charge on any atom is 0.183 e. The number of hydrogen-bond acceptors (Lipinski definition) is 6. The quantitative estimate of drug-likeness (QED) is 0.376. The van der Waals surface area contributed by atoms with Gasteiger partial charge in [0.15, 0.2) is 23.2 Å². The number of carbonyl (C=O) groups excluding carboxylic acids is 1. The fourth-order valence-corrected chi connectivity index (χ4v) is 3.43. The van der Waals surface area contributed by atoms with Crippen LogP contribution in [0.4, 0.5) is 10.2 Å². The maximum atomic E-state index is 14.3. The number of aromatic nitrogens is 6. The fraction of sp³-hybridized carbons (Fsp3) is 0.286. The van der Waals surface area contributed by atoms with E-state index in [1.807, 2.05) is 10.8 Å². The minimum absolute atomic E-state index is 0.00623. The number of hydrogen-bond donors (Lipinski definition) is 2. The van der Waals surface area contributed by atoms with Crippen molar-refractivity contribution in [2.75, 3.05) is 5.32 Å². The topological polar surface area (TPSA) is 101 Å². The molecule has 0 radical (unpaired) electrons. The third-order valence-corrected chi connectivity index (χ3v) is 5.17. The molecule has 0 spiro atoms. The Morgan fingerprint density at radius 2 is 2.19 bits per heavy atom. The fourth-order valence-electron chi connectivity index (χ4n) is 3.28. The van der Waals surface area contributed by atoms with Crippen molar-refractivity contribution in [3.8, 4) is 11.4 Å². The molecule has 0 bridgehead atoms. The van der Waals surface area contributed by atoms with Gasteiger partial charge in [0.05, 0.1) is 23.6 Å². The van der Waals surface area contributed by atoms with Crippen molar-refractivity contribution >= 4 is 34.2 Å². The maximum absolute atomic E-state index is 14.3. The molecular weight excluding hydrogens is 421 g/mol. The van der Waals surface area contributed by atoms with Gasteiger partial charge in [-0.15, -0.1) is 0 Å². The molecule has 0 amide bonds. The van der Waals surface area contributed by atoms with Crippen LogP contribution in [0.3, 0.4) is 0 Å². The van der Waals surface area contributed by atoms with Crippen LogP contribution in [0, 0.1) is 5.82 Å². The first-order valence-electron chi connectivity index (χ1n) is 9.92. The summed E-state index contributed by atoms with van der Waals surface area (Å²) in [5.74, 6) is -0.347. The highest BCUT2D eigenvalue weighted by Gasteiger charge is 2.18. The molecule has 0 unspecified atom stereocenters. The van der Waals surface area contributed by atoms with Crippen molar-refractivity contribution in [2.45, 2.75) is 38.8 Å². The average Bonchev–Trinajstić information content (AvgIpc) is 3.42. The number of nitrogens with zero attached hydrogens (tertiary/aromatic N) is 5. The number of rotatable bonds is 9. The molecule has 160 valence electrons.